The number of carbonyl (C=O) groups is 1. The zero-order valence-corrected chi connectivity index (χ0v) is 16.8. The van der Waals surface area contributed by atoms with Gasteiger partial charge in [-0.15, -0.1) is 0 Å². The fourth-order valence-corrected chi connectivity index (χ4v) is 2.75. The van der Waals surface area contributed by atoms with Gasteiger partial charge in [0.1, 0.15) is 11.8 Å². The van der Waals surface area contributed by atoms with E-state index in [0.29, 0.717) is 23.2 Å². The van der Waals surface area contributed by atoms with E-state index in [-0.39, 0.29) is 30.2 Å². The van der Waals surface area contributed by atoms with Crippen LogP contribution in [0.1, 0.15) is 23.2 Å². The number of nitrogens with one attached hydrogen (secondary N) is 1. The number of halogens is 3. The van der Waals surface area contributed by atoms with E-state index in [1.165, 1.54) is 6.08 Å². The van der Waals surface area contributed by atoms with E-state index < -0.39 is 11.7 Å². The van der Waals surface area contributed by atoms with Gasteiger partial charge in [0.25, 0.3) is 0 Å². The minimum absolute atomic E-state index is 0.109. The van der Waals surface area contributed by atoms with Crippen LogP contribution in [-0.2, 0) is 11.0 Å². The fourth-order valence-electron chi connectivity index (χ4n) is 2.75. The van der Waals surface area contributed by atoms with Crippen molar-refractivity contribution in [3.05, 3.63) is 89.7 Å². The van der Waals surface area contributed by atoms with Gasteiger partial charge in [0.15, 0.2) is 0 Å². The van der Waals surface area contributed by atoms with Gasteiger partial charge in [-0.2, -0.15) is 18.4 Å². The molecule has 0 aliphatic carbocycles. The zero-order chi connectivity index (χ0) is 23.0. The number of benzene rings is 2. The molecule has 8 heteroatoms. The van der Waals surface area contributed by atoms with E-state index in [1.807, 2.05) is 24.3 Å². The summed E-state index contributed by atoms with van der Waals surface area (Å²) in [6.07, 6.45) is -2.15. The first-order valence-electron chi connectivity index (χ1n) is 9.58. The number of hydrogen-bond donors (Lipinski definition) is 1. The van der Waals surface area contributed by atoms with Crippen molar-refractivity contribution < 1.29 is 22.7 Å². The van der Waals surface area contributed by atoms with Crippen LogP contribution in [0.15, 0.2) is 72.9 Å². The molecule has 0 bridgehead atoms. The van der Waals surface area contributed by atoms with E-state index >= 15 is 0 Å². The van der Waals surface area contributed by atoms with Gasteiger partial charge in [-0.05, 0) is 48.0 Å². The number of ether oxygens (including phenoxy) is 1. The Morgan fingerprint density at radius 1 is 1.09 bits per heavy atom. The Labute approximate surface area is 182 Å². The van der Waals surface area contributed by atoms with Crippen LogP contribution in [0, 0.1) is 11.3 Å². The number of rotatable bonds is 7. The second-order valence-corrected chi connectivity index (χ2v) is 6.68. The van der Waals surface area contributed by atoms with Crippen molar-refractivity contribution in [3.8, 4) is 11.8 Å². The van der Waals surface area contributed by atoms with Crippen molar-refractivity contribution in [3.63, 3.8) is 0 Å². The molecule has 2 aromatic carbocycles. The first-order chi connectivity index (χ1) is 15.3. The molecule has 0 spiro atoms. The van der Waals surface area contributed by atoms with Gasteiger partial charge in [-0.25, -0.2) is 0 Å². The number of anilines is 1. The SMILES string of the molecule is N#CC(=Cc1cccc(OCCC(=O)Nc2ccccc2)c1)c1ccc(C(F)(F)F)cn1. The molecule has 1 heterocycles. The largest absolute Gasteiger partial charge is 0.493 e. The number of amides is 1. The first-order valence-corrected chi connectivity index (χ1v) is 9.58. The number of pyridine rings is 1. The Bertz CT molecular complexity index is 1140. The summed E-state index contributed by atoms with van der Waals surface area (Å²) in [5.41, 5.74) is 0.660. The maximum atomic E-state index is 12.7. The van der Waals surface area contributed by atoms with Crippen LogP contribution in [0.5, 0.6) is 5.75 Å². The monoisotopic (exact) mass is 437 g/mol. The van der Waals surface area contributed by atoms with Crippen LogP contribution in [0.4, 0.5) is 18.9 Å². The highest BCUT2D eigenvalue weighted by Crippen LogP contribution is 2.29. The smallest absolute Gasteiger partial charge is 0.417 e. The number of nitrogens with zero attached hydrogens (tertiary/aromatic N) is 2. The van der Waals surface area contributed by atoms with Crippen molar-refractivity contribution in [2.45, 2.75) is 12.6 Å². The second-order valence-electron chi connectivity index (χ2n) is 6.68. The maximum absolute atomic E-state index is 12.7. The molecular weight excluding hydrogens is 419 g/mol. The fraction of sp³-hybridized carbons (Fsp3) is 0.125. The summed E-state index contributed by atoms with van der Waals surface area (Å²) in [5.74, 6) is 0.302. The van der Waals surface area contributed by atoms with E-state index in [0.717, 1.165) is 12.1 Å². The lowest BCUT2D eigenvalue weighted by atomic mass is 10.1. The molecule has 3 rings (SSSR count). The second kappa shape index (κ2) is 10.3. The molecule has 1 amide bonds. The van der Waals surface area contributed by atoms with Crippen LogP contribution in [-0.4, -0.2) is 17.5 Å². The highest BCUT2D eigenvalue weighted by Gasteiger charge is 2.30. The molecule has 0 radical (unpaired) electrons. The third-order valence-electron chi connectivity index (χ3n) is 4.31. The number of allylic oxidation sites excluding steroid dienone is 1. The van der Waals surface area contributed by atoms with Crippen molar-refractivity contribution in [2.24, 2.45) is 0 Å². The topological polar surface area (TPSA) is 75.0 Å². The summed E-state index contributed by atoms with van der Waals surface area (Å²) in [6, 6.07) is 19.8. The first kappa shape index (κ1) is 22.6. The molecule has 0 aliphatic heterocycles. The van der Waals surface area contributed by atoms with E-state index in [1.54, 1.807) is 36.4 Å². The standard InChI is InChI=1S/C24H18F3N3O2/c25-24(26,27)19-9-10-22(29-16-19)18(15-28)13-17-5-4-8-21(14-17)32-12-11-23(31)30-20-6-2-1-3-7-20/h1-10,13-14,16H,11-12H2,(H,30,31). The molecule has 1 aromatic heterocycles. The van der Waals surface area contributed by atoms with Crippen molar-refractivity contribution in [1.29, 1.82) is 5.26 Å². The summed E-state index contributed by atoms with van der Waals surface area (Å²) in [6.45, 7) is 0.150. The highest BCUT2D eigenvalue weighted by molar-refractivity contribution is 5.90. The number of alkyl halides is 3. The Kier molecular flexibility index (Phi) is 7.24. The molecule has 5 nitrogen and oxygen atoms in total. The Morgan fingerprint density at radius 2 is 1.88 bits per heavy atom. The molecule has 0 fully saturated rings. The summed E-state index contributed by atoms with van der Waals surface area (Å²) >= 11 is 0. The quantitative estimate of drug-likeness (QED) is 0.490. The molecule has 0 unspecified atom stereocenters. The Balaban J connectivity index is 1.62. The Morgan fingerprint density at radius 3 is 2.53 bits per heavy atom. The number of para-hydroxylation sites is 1. The van der Waals surface area contributed by atoms with Crippen LogP contribution in [0.3, 0.4) is 0 Å². The van der Waals surface area contributed by atoms with Crippen LogP contribution >= 0.6 is 0 Å². The molecule has 0 saturated carbocycles. The lowest BCUT2D eigenvalue weighted by Crippen LogP contribution is -2.15. The average molecular weight is 437 g/mol. The van der Waals surface area contributed by atoms with E-state index in [9.17, 15) is 23.2 Å². The van der Waals surface area contributed by atoms with Crippen LogP contribution in [0.2, 0.25) is 0 Å². The molecule has 162 valence electrons. The van der Waals surface area contributed by atoms with Crippen LogP contribution in [0.25, 0.3) is 11.6 Å². The number of nitriles is 1. The van der Waals surface area contributed by atoms with E-state index in [4.69, 9.17) is 4.74 Å². The van der Waals surface area contributed by atoms with Crippen molar-refractivity contribution in [1.82, 2.24) is 4.98 Å². The summed E-state index contributed by atoms with van der Waals surface area (Å²) in [7, 11) is 0. The van der Waals surface area contributed by atoms with Gasteiger partial charge in [-0.3, -0.25) is 9.78 Å². The highest BCUT2D eigenvalue weighted by atomic mass is 19.4. The third kappa shape index (κ3) is 6.44. The number of hydrogen-bond acceptors (Lipinski definition) is 4. The predicted octanol–water partition coefficient (Wildman–Crippen LogP) is 5.57. The summed E-state index contributed by atoms with van der Waals surface area (Å²) in [4.78, 5) is 15.7. The van der Waals surface area contributed by atoms with Gasteiger partial charge in [0, 0.05) is 11.9 Å². The minimum atomic E-state index is -4.49. The van der Waals surface area contributed by atoms with Crippen molar-refractivity contribution >= 4 is 23.2 Å². The molecule has 0 saturated heterocycles. The minimum Gasteiger partial charge on any atom is -0.493 e. The summed E-state index contributed by atoms with van der Waals surface area (Å²) in [5, 5.41) is 12.2. The summed E-state index contributed by atoms with van der Waals surface area (Å²) < 4.78 is 43.7. The molecule has 1 N–H and O–H groups in total. The van der Waals surface area contributed by atoms with Gasteiger partial charge in [0.2, 0.25) is 5.91 Å². The molecule has 0 atom stereocenters. The third-order valence-corrected chi connectivity index (χ3v) is 4.31. The number of aromatic nitrogens is 1. The molecule has 3 aromatic rings. The van der Waals surface area contributed by atoms with E-state index in [2.05, 4.69) is 10.3 Å². The lowest BCUT2D eigenvalue weighted by Gasteiger charge is -2.08. The average Bonchev–Trinajstić information content (AvgIpc) is 2.78. The number of carbonyl (C=O) groups excluding carboxylic acids is 1. The molecule has 0 aliphatic rings. The maximum Gasteiger partial charge on any atom is 0.417 e. The molecular formula is C24H18F3N3O2. The van der Waals surface area contributed by atoms with Gasteiger partial charge in [-0.1, -0.05) is 30.3 Å². The zero-order valence-electron chi connectivity index (χ0n) is 16.8. The van der Waals surface area contributed by atoms with Gasteiger partial charge < -0.3 is 10.1 Å². The van der Waals surface area contributed by atoms with Crippen molar-refractivity contribution in [2.75, 3.05) is 11.9 Å². The molecule has 32 heavy (non-hydrogen) atoms. The van der Waals surface area contributed by atoms with Gasteiger partial charge in [0.05, 0.1) is 29.9 Å². The predicted molar refractivity (Wildman–Crippen MR) is 114 cm³/mol. The van der Waals surface area contributed by atoms with Gasteiger partial charge >= 0.3 is 6.18 Å². The lowest BCUT2D eigenvalue weighted by molar-refractivity contribution is -0.137. The Hall–Kier alpha value is -4.12. The normalized spacial score (nSPS) is 11.5. The van der Waals surface area contributed by atoms with Crippen LogP contribution < -0.4 is 10.1 Å².